The summed E-state index contributed by atoms with van der Waals surface area (Å²) < 4.78 is 0. The molecular weight excluding hydrogens is 258 g/mol. The molecule has 1 aliphatic rings. The lowest BCUT2D eigenvalue weighted by Crippen LogP contribution is -2.04. The Kier molecular flexibility index (Phi) is 7.82. The summed E-state index contributed by atoms with van der Waals surface area (Å²) in [4.78, 5) is 11.2. The van der Waals surface area contributed by atoms with Crippen molar-refractivity contribution in [2.75, 3.05) is 0 Å². The molecule has 19 heavy (non-hydrogen) atoms. The van der Waals surface area contributed by atoms with Gasteiger partial charge in [0.05, 0.1) is 12.2 Å². The number of benzene rings is 1. The van der Waals surface area contributed by atoms with E-state index in [-0.39, 0.29) is 6.10 Å². The van der Waals surface area contributed by atoms with Crippen LogP contribution in [0.5, 0.6) is 0 Å². The minimum absolute atomic E-state index is 0.252. The van der Waals surface area contributed by atoms with E-state index in [1.807, 2.05) is 18.2 Å². The quantitative estimate of drug-likeness (QED) is 0.514. The third-order valence-electron chi connectivity index (χ3n) is 2.90. The Morgan fingerprint density at radius 1 is 1.32 bits per heavy atom. The van der Waals surface area contributed by atoms with Crippen LogP contribution in [0.4, 0.5) is 0 Å². The van der Waals surface area contributed by atoms with Crippen molar-refractivity contribution in [1.29, 1.82) is 0 Å². The average Bonchev–Trinajstić information content (AvgIpc) is 2.89. The van der Waals surface area contributed by atoms with Gasteiger partial charge in [0, 0.05) is 11.3 Å². The van der Waals surface area contributed by atoms with Gasteiger partial charge < -0.3 is 0 Å². The van der Waals surface area contributed by atoms with Gasteiger partial charge in [-0.05, 0) is 43.8 Å². The van der Waals surface area contributed by atoms with Gasteiger partial charge in [0.1, 0.15) is 0 Å². The molecule has 2 N–H and O–H groups in total. The van der Waals surface area contributed by atoms with Gasteiger partial charge >= 0.3 is 0 Å². The monoisotopic (exact) mass is 281 g/mol. The topological polar surface area (TPSA) is 44.5 Å². The van der Waals surface area contributed by atoms with Crippen LogP contribution in [0.1, 0.15) is 31.7 Å². The Balaban J connectivity index is 0.000000191. The molecule has 2 unspecified atom stereocenters. The second-order valence-electron chi connectivity index (χ2n) is 4.54. The highest BCUT2D eigenvalue weighted by molar-refractivity contribution is 7.97. The van der Waals surface area contributed by atoms with Gasteiger partial charge in [-0.1, -0.05) is 30.7 Å². The lowest BCUT2D eigenvalue weighted by atomic mass is 10.1. The van der Waals surface area contributed by atoms with Gasteiger partial charge in [-0.25, -0.2) is 9.78 Å². The standard InChI is InChI=1S/C8H14O2.C7H9NS/c1-3-5-8-6-7(4-2)9-10-8;1-6-2-4-7(9-8)5-3-6/h3,7-8H,1,4-6H2,2H3;2-5H,8H2,1H3. The third-order valence-corrected chi connectivity index (χ3v) is 3.44. The highest BCUT2D eigenvalue weighted by atomic mass is 32.2. The van der Waals surface area contributed by atoms with E-state index in [2.05, 4.69) is 32.6 Å². The van der Waals surface area contributed by atoms with Crippen LogP contribution >= 0.6 is 11.9 Å². The van der Waals surface area contributed by atoms with Crippen molar-refractivity contribution >= 4 is 11.9 Å². The van der Waals surface area contributed by atoms with E-state index in [4.69, 9.17) is 14.9 Å². The maximum absolute atomic E-state index is 5.32. The first-order valence-electron chi connectivity index (χ1n) is 6.56. The van der Waals surface area contributed by atoms with E-state index >= 15 is 0 Å². The summed E-state index contributed by atoms with van der Waals surface area (Å²) in [5.41, 5.74) is 1.27. The van der Waals surface area contributed by atoms with Crippen LogP contribution in [0.15, 0.2) is 41.8 Å². The number of aryl methyl sites for hydroxylation is 1. The number of nitrogens with two attached hydrogens (primary N) is 1. The van der Waals surface area contributed by atoms with E-state index < -0.39 is 0 Å². The summed E-state index contributed by atoms with van der Waals surface area (Å²) in [6.45, 7) is 7.80. The van der Waals surface area contributed by atoms with Crippen LogP contribution in [0.25, 0.3) is 0 Å². The molecule has 0 amide bonds. The molecule has 1 aromatic rings. The van der Waals surface area contributed by atoms with Gasteiger partial charge in [0.2, 0.25) is 0 Å². The third kappa shape index (κ3) is 6.25. The lowest BCUT2D eigenvalue weighted by molar-refractivity contribution is -0.295. The molecule has 2 rings (SSSR count). The fourth-order valence-corrected chi connectivity index (χ4v) is 2.00. The van der Waals surface area contributed by atoms with E-state index in [1.54, 1.807) is 0 Å². The van der Waals surface area contributed by atoms with Gasteiger partial charge in [-0.3, -0.25) is 5.14 Å². The molecule has 3 nitrogen and oxygen atoms in total. The smallest absolute Gasteiger partial charge is 0.0990 e. The Labute approximate surface area is 120 Å². The zero-order valence-corrected chi connectivity index (χ0v) is 12.5. The summed E-state index contributed by atoms with van der Waals surface area (Å²) in [6, 6.07) is 8.13. The predicted molar refractivity (Wildman–Crippen MR) is 80.7 cm³/mol. The second-order valence-corrected chi connectivity index (χ2v) is 5.24. The van der Waals surface area contributed by atoms with Crippen molar-refractivity contribution in [1.82, 2.24) is 0 Å². The van der Waals surface area contributed by atoms with Gasteiger partial charge in [-0.15, -0.1) is 6.58 Å². The number of rotatable bonds is 4. The molecule has 0 spiro atoms. The molecule has 2 atom stereocenters. The lowest BCUT2D eigenvalue weighted by Gasteiger charge is -1.99. The Morgan fingerprint density at radius 2 is 1.95 bits per heavy atom. The summed E-state index contributed by atoms with van der Waals surface area (Å²) >= 11 is 1.28. The average molecular weight is 281 g/mol. The number of hydrogen-bond acceptors (Lipinski definition) is 4. The minimum Gasteiger partial charge on any atom is -0.274 e. The van der Waals surface area contributed by atoms with Crippen molar-refractivity contribution in [3.8, 4) is 0 Å². The van der Waals surface area contributed by atoms with Crippen molar-refractivity contribution in [2.24, 2.45) is 5.14 Å². The maximum atomic E-state index is 5.32. The number of hydrogen-bond donors (Lipinski definition) is 1. The molecule has 1 aliphatic heterocycles. The van der Waals surface area contributed by atoms with Crippen molar-refractivity contribution < 1.29 is 9.78 Å². The molecule has 1 heterocycles. The fourth-order valence-electron chi connectivity index (χ4n) is 1.70. The molecule has 4 heteroatoms. The zero-order valence-electron chi connectivity index (χ0n) is 11.7. The summed E-state index contributed by atoms with van der Waals surface area (Å²) in [5, 5.41) is 5.32. The molecule has 0 saturated carbocycles. The molecule has 0 bridgehead atoms. The molecule has 1 aromatic carbocycles. The molecule has 106 valence electrons. The Bertz CT molecular complexity index is 367. The summed E-state index contributed by atoms with van der Waals surface area (Å²) in [7, 11) is 0. The zero-order chi connectivity index (χ0) is 14.1. The van der Waals surface area contributed by atoms with Gasteiger partial charge in [0.15, 0.2) is 0 Å². The SMILES string of the molecule is C=CCC1CC(CC)OO1.Cc1ccc(SN)cc1. The normalized spacial score (nSPS) is 21.6. The maximum Gasteiger partial charge on any atom is 0.0990 e. The minimum atomic E-state index is 0.252. The van der Waals surface area contributed by atoms with E-state index in [0.717, 1.165) is 24.2 Å². The van der Waals surface area contributed by atoms with Crippen molar-refractivity contribution in [3.63, 3.8) is 0 Å². The van der Waals surface area contributed by atoms with Crippen molar-refractivity contribution in [3.05, 3.63) is 42.5 Å². The van der Waals surface area contributed by atoms with E-state index in [1.165, 1.54) is 17.5 Å². The summed E-state index contributed by atoms with van der Waals surface area (Å²) in [6.07, 6.45) is 5.38. The predicted octanol–water partition coefficient (Wildman–Crippen LogP) is 4.02. The van der Waals surface area contributed by atoms with Gasteiger partial charge in [0.25, 0.3) is 0 Å². The van der Waals surface area contributed by atoms with Crippen molar-refractivity contribution in [2.45, 2.75) is 50.2 Å². The van der Waals surface area contributed by atoms with Crippen LogP contribution < -0.4 is 5.14 Å². The Morgan fingerprint density at radius 3 is 2.42 bits per heavy atom. The van der Waals surface area contributed by atoms with Crippen LogP contribution in [-0.4, -0.2) is 12.2 Å². The highest BCUT2D eigenvalue weighted by Crippen LogP contribution is 2.21. The fraction of sp³-hybridized carbons (Fsp3) is 0.467. The first kappa shape index (κ1) is 16.2. The molecule has 1 saturated heterocycles. The van der Waals surface area contributed by atoms with Crippen LogP contribution in [0.2, 0.25) is 0 Å². The molecule has 1 fully saturated rings. The van der Waals surface area contributed by atoms with Crippen LogP contribution in [0.3, 0.4) is 0 Å². The van der Waals surface area contributed by atoms with Crippen LogP contribution in [-0.2, 0) is 9.78 Å². The first-order chi connectivity index (χ1) is 9.19. The van der Waals surface area contributed by atoms with Gasteiger partial charge in [-0.2, -0.15) is 0 Å². The Hall–Kier alpha value is -0.810. The van der Waals surface area contributed by atoms with E-state index in [0.29, 0.717) is 6.10 Å². The van der Waals surface area contributed by atoms with Crippen LogP contribution in [0, 0.1) is 6.92 Å². The molecule has 0 aromatic heterocycles. The van der Waals surface area contributed by atoms with E-state index in [9.17, 15) is 0 Å². The molecule has 0 radical (unpaired) electrons. The largest absolute Gasteiger partial charge is 0.274 e. The summed E-state index contributed by atoms with van der Waals surface area (Å²) in [5.74, 6) is 0. The molecular formula is C15H23NO2S. The second kappa shape index (κ2) is 9.15. The molecule has 0 aliphatic carbocycles. The highest BCUT2D eigenvalue weighted by Gasteiger charge is 2.24. The first-order valence-corrected chi connectivity index (χ1v) is 7.44.